The molecule has 0 saturated carbocycles. The third-order valence-corrected chi connectivity index (χ3v) is 4.49. The molecule has 0 aromatic heterocycles. The zero-order valence-corrected chi connectivity index (χ0v) is 15.8. The quantitative estimate of drug-likeness (QED) is 0.770. The van der Waals surface area contributed by atoms with E-state index >= 15 is 0 Å². The molecule has 1 amide bonds. The summed E-state index contributed by atoms with van der Waals surface area (Å²) in [5.41, 5.74) is 2.86. The third-order valence-electron chi connectivity index (χ3n) is 4.26. The number of carbonyl (C=O) groups is 1. The van der Waals surface area contributed by atoms with Gasteiger partial charge in [0, 0.05) is 10.7 Å². The van der Waals surface area contributed by atoms with Crippen molar-refractivity contribution in [3.8, 4) is 0 Å². The van der Waals surface area contributed by atoms with Gasteiger partial charge in [0.2, 0.25) is 5.91 Å². The van der Waals surface area contributed by atoms with Crippen molar-refractivity contribution in [2.45, 2.75) is 45.6 Å². The fourth-order valence-electron chi connectivity index (χ4n) is 2.66. The Kier molecular flexibility index (Phi) is 7.03. The summed E-state index contributed by atoms with van der Waals surface area (Å²) in [6.07, 6.45) is 0.305. The zero-order valence-electron chi connectivity index (χ0n) is 15.1. The molecular formula is C21H26ClNO2. The van der Waals surface area contributed by atoms with Crippen molar-refractivity contribution < 1.29 is 9.90 Å². The maximum absolute atomic E-state index is 12.9. The van der Waals surface area contributed by atoms with Crippen molar-refractivity contribution in [3.63, 3.8) is 0 Å². The largest absolute Gasteiger partial charge is 0.391 e. The van der Waals surface area contributed by atoms with E-state index in [2.05, 4.69) is 19.9 Å². The molecule has 3 nitrogen and oxygen atoms in total. The first-order valence-electron chi connectivity index (χ1n) is 8.73. The first-order valence-corrected chi connectivity index (χ1v) is 9.11. The Labute approximate surface area is 155 Å². The number of benzene rings is 2. The minimum atomic E-state index is -0.550. The molecule has 0 heterocycles. The van der Waals surface area contributed by atoms with Gasteiger partial charge in [-0.1, -0.05) is 56.6 Å². The number of amides is 1. The molecule has 134 valence electrons. The number of rotatable bonds is 7. The molecule has 25 heavy (non-hydrogen) atoms. The standard InChI is InChI=1S/C21H26ClNO2/c1-4-20(24)14-23(19-10-6-8-17(13-19)15(2)3)21(25)12-16-7-5-9-18(22)11-16/h5-11,13,15,20,24H,4,12,14H2,1-3H3. The molecule has 1 unspecified atom stereocenters. The monoisotopic (exact) mass is 359 g/mol. The highest BCUT2D eigenvalue weighted by Crippen LogP contribution is 2.23. The van der Waals surface area contributed by atoms with Crippen molar-refractivity contribution in [2.75, 3.05) is 11.4 Å². The molecule has 0 spiro atoms. The Morgan fingerprint density at radius 3 is 2.52 bits per heavy atom. The second kappa shape index (κ2) is 9.02. The molecule has 2 aromatic rings. The van der Waals surface area contributed by atoms with Crippen molar-refractivity contribution in [3.05, 3.63) is 64.7 Å². The second-order valence-corrected chi connectivity index (χ2v) is 7.06. The number of aliphatic hydroxyl groups is 1. The lowest BCUT2D eigenvalue weighted by Crippen LogP contribution is -2.38. The van der Waals surface area contributed by atoms with Crippen LogP contribution < -0.4 is 4.90 Å². The summed E-state index contributed by atoms with van der Waals surface area (Å²) in [5, 5.41) is 10.7. The van der Waals surface area contributed by atoms with Crippen LogP contribution >= 0.6 is 11.6 Å². The van der Waals surface area contributed by atoms with Crippen molar-refractivity contribution >= 4 is 23.2 Å². The van der Waals surface area contributed by atoms with E-state index < -0.39 is 6.10 Å². The van der Waals surface area contributed by atoms with E-state index in [1.807, 2.05) is 37.3 Å². The fourth-order valence-corrected chi connectivity index (χ4v) is 2.87. The van der Waals surface area contributed by atoms with Gasteiger partial charge < -0.3 is 10.0 Å². The Balaban J connectivity index is 2.28. The number of nitrogens with zero attached hydrogens (tertiary/aromatic N) is 1. The number of hydrogen-bond acceptors (Lipinski definition) is 2. The predicted molar refractivity (Wildman–Crippen MR) is 104 cm³/mol. The maximum atomic E-state index is 12.9. The summed E-state index contributed by atoms with van der Waals surface area (Å²) in [6, 6.07) is 15.3. The average Bonchev–Trinajstić information content (AvgIpc) is 2.59. The molecule has 2 rings (SSSR count). The van der Waals surface area contributed by atoms with Crippen LogP contribution in [0.5, 0.6) is 0 Å². The van der Waals surface area contributed by atoms with E-state index in [1.165, 1.54) is 5.56 Å². The lowest BCUT2D eigenvalue weighted by molar-refractivity contribution is -0.118. The van der Waals surface area contributed by atoms with Crippen LogP contribution in [0.2, 0.25) is 5.02 Å². The zero-order chi connectivity index (χ0) is 18.4. The summed E-state index contributed by atoms with van der Waals surface area (Å²) in [6.45, 7) is 6.45. The van der Waals surface area contributed by atoms with Gasteiger partial charge in [-0.15, -0.1) is 0 Å². The summed E-state index contributed by atoms with van der Waals surface area (Å²) in [4.78, 5) is 14.6. The topological polar surface area (TPSA) is 40.5 Å². The molecule has 0 aliphatic rings. The van der Waals surface area contributed by atoms with E-state index in [0.29, 0.717) is 17.4 Å². The van der Waals surface area contributed by atoms with Gasteiger partial charge >= 0.3 is 0 Å². The summed E-state index contributed by atoms with van der Waals surface area (Å²) in [7, 11) is 0. The number of anilines is 1. The number of aliphatic hydroxyl groups excluding tert-OH is 1. The van der Waals surface area contributed by atoms with Crippen LogP contribution in [0.15, 0.2) is 48.5 Å². The Hall–Kier alpha value is -1.84. The first kappa shape index (κ1) is 19.5. The summed E-state index contributed by atoms with van der Waals surface area (Å²) >= 11 is 6.02. The van der Waals surface area contributed by atoms with Crippen LogP contribution in [0.25, 0.3) is 0 Å². The van der Waals surface area contributed by atoms with Gasteiger partial charge in [-0.25, -0.2) is 0 Å². The van der Waals surface area contributed by atoms with Crippen LogP contribution in [0, 0.1) is 0 Å². The van der Waals surface area contributed by atoms with Crippen LogP contribution in [0.1, 0.15) is 44.2 Å². The molecule has 0 saturated heterocycles. The van der Waals surface area contributed by atoms with Gasteiger partial charge in [0.05, 0.1) is 19.1 Å². The molecular weight excluding hydrogens is 334 g/mol. The molecule has 0 bridgehead atoms. The van der Waals surface area contributed by atoms with E-state index in [1.54, 1.807) is 17.0 Å². The van der Waals surface area contributed by atoms with Gasteiger partial charge in [-0.2, -0.15) is 0 Å². The lowest BCUT2D eigenvalue weighted by Gasteiger charge is -2.26. The molecule has 1 atom stereocenters. The van der Waals surface area contributed by atoms with Gasteiger partial charge in [0.1, 0.15) is 0 Å². The molecule has 0 radical (unpaired) electrons. The fraction of sp³-hybridized carbons (Fsp3) is 0.381. The van der Waals surface area contributed by atoms with Crippen LogP contribution in [-0.4, -0.2) is 23.7 Å². The van der Waals surface area contributed by atoms with E-state index in [4.69, 9.17) is 11.6 Å². The Bertz CT molecular complexity index is 715. The first-order chi connectivity index (χ1) is 11.9. The smallest absolute Gasteiger partial charge is 0.231 e. The minimum absolute atomic E-state index is 0.0457. The minimum Gasteiger partial charge on any atom is -0.391 e. The lowest BCUT2D eigenvalue weighted by atomic mass is 10.0. The molecule has 2 aromatic carbocycles. The van der Waals surface area contributed by atoms with E-state index in [9.17, 15) is 9.90 Å². The predicted octanol–water partition coefficient (Wildman–Crippen LogP) is 4.81. The molecule has 0 aliphatic heterocycles. The van der Waals surface area contributed by atoms with Crippen molar-refractivity contribution in [1.82, 2.24) is 0 Å². The van der Waals surface area contributed by atoms with Gasteiger partial charge in [0.25, 0.3) is 0 Å². The number of halogens is 1. The highest BCUT2D eigenvalue weighted by molar-refractivity contribution is 6.30. The highest BCUT2D eigenvalue weighted by atomic mass is 35.5. The second-order valence-electron chi connectivity index (χ2n) is 6.62. The van der Waals surface area contributed by atoms with Crippen LogP contribution in [0.4, 0.5) is 5.69 Å². The molecule has 0 aliphatic carbocycles. The molecule has 4 heteroatoms. The summed E-state index contributed by atoms with van der Waals surface area (Å²) < 4.78 is 0. The van der Waals surface area contributed by atoms with Crippen LogP contribution in [0.3, 0.4) is 0 Å². The Morgan fingerprint density at radius 2 is 1.88 bits per heavy atom. The maximum Gasteiger partial charge on any atom is 0.231 e. The Morgan fingerprint density at radius 1 is 1.16 bits per heavy atom. The van der Waals surface area contributed by atoms with Gasteiger partial charge in [0.15, 0.2) is 0 Å². The van der Waals surface area contributed by atoms with Crippen molar-refractivity contribution in [2.24, 2.45) is 0 Å². The SMILES string of the molecule is CCC(O)CN(C(=O)Cc1cccc(Cl)c1)c1cccc(C(C)C)c1. The van der Waals surface area contributed by atoms with Gasteiger partial charge in [-0.3, -0.25) is 4.79 Å². The summed E-state index contributed by atoms with van der Waals surface area (Å²) in [5.74, 6) is 0.330. The highest BCUT2D eigenvalue weighted by Gasteiger charge is 2.20. The van der Waals surface area contributed by atoms with Gasteiger partial charge in [-0.05, 0) is 47.7 Å². The molecule has 0 fully saturated rings. The molecule has 1 N–H and O–H groups in total. The third kappa shape index (κ3) is 5.58. The normalized spacial score (nSPS) is 12.2. The average molecular weight is 360 g/mol. The number of hydrogen-bond donors (Lipinski definition) is 1. The van der Waals surface area contributed by atoms with E-state index in [0.717, 1.165) is 11.3 Å². The number of carbonyl (C=O) groups excluding carboxylic acids is 1. The van der Waals surface area contributed by atoms with Crippen molar-refractivity contribution in [1.29, 1.82) is 0 Å². The van der Waals surface area contributed by atoms with Crippen LogP contribution in [-0.2, 0) is 11.2 Å². The van der Waals surface area contributed by atoms with E-state index in [-0.39, 0.29) is 18.9 Å².